The zero-order valence-electron chi connectivity index (χ0n) is 14.8. The summed E-state index contributed by atoms with van der Waals surface area (Å²) in [6.45, 7) is 1.69. The van der Waals surface area contributed by atoms with Crippen molar-refractivity contribution in [1.29, 1.82) is 0 Å². The fourth-order valence-electron chi connectivity index (χ4n) is 2.12. The van der Waals surface area contributed by atoms with Crippen molar-refractivity contribution in [1.82, 2.24) is 4.98 Å². The first-order valence-corrected chi connectivity index (χ1v) is 7.85. The molecule has 0 aliphatic carbocycles. The van der Waals surface area contributed by atoms with Crippen molar-refractivity contribution in [3.8, 4) is 17.4 Å². The van der Waals surface area contributed by atoms with Crippen LogP contribution in [0.15, 0.2) is 36.5 Å². The monoisotopic (exact) mass is 360 g/mol. The van der Waals surface area contributed by atoms with Crippen LogP contribution < -0.4 is 19.5 Å². The third-order valence-electron chi connectivity index (χ3n) is 3.27. The summed E-state index contributed by atoms with van der Waals surface area (Å²) >= 11 is 0. The number of esters is 1. The average molecular weight is 360 g/mol. The molecule has 0 aliphatic heterocycles. The second-order valence-electron chi connectivity index (χ2n) is 4.98. The van der Waals surface area contributed by atoms with Gasteiger partial charge < -0.3 is 24.3 Å². The Bertz CT molecular complexity index is 778. The summed E-state index contributed by atoms with van der Waals surface area (Å²) in [7, 11) is 3.01. The number of aromatic nitrogens is 1. The molecule has 8 heteroatoms. The average Bonchev–Trinajstić information content (AvgIpc) is 2.66. The number of hydrogen-bond donors (Lipinski definition) is 1. The normalized spacial score (nSPS) is 9.96. The van der Waals surface area contributed by atoms with Gasteiger partial charge in [0.1, 0.15) is 5.56 Å². The molecular weight excluding hydrogens is 340 g/mol. The number of nitrogens with one attached hydrogen (secondary N) is 1. The van der Waals surface area contributed by atoms with Gasteiger partial charge in [-0.3, -0.25) is 4.79 Å². The Balaban J connectivity index is 1.96. The van der Waals surface area contributed by atoms with Crippen LogP contribution in [-0.2, 0) is 9.53 Å². The van der Waals surface area contributed by atoms with E-state index in [9.17, 15) is 9.59 Å². The summed E-state index contributed by atoms with van der Waals surface area (Å²) in [5.74, 6) is -0.00676. The molecule has 0 aliphatic rings. The minimum Gasteiger partial charge on any atom is -0.493 e. The predicted molar refractivity (Wildman–Crippen MR) is 93.9 cm³/mol. The highest BCUT2D eigenvalue weighted by atomic mass is 16.5. The van der Waals surface area contributed by atoms with Crippen molar-refractivity contribution in [3.63, 3.8) is 0 Å². The molecule has 0 spiro atoms. The highest BCUT2D eigenvalue weighted by Crippen LogP contribution is 2.29. The number of nitrogens with zero attached hydrogens (tertiary/aromatic N) is 1. The first-order chi connectivity index (χ1) is 12.6. The highest BCUT2D eigenvalue weighted by molar-refractivity contribution is 5.96. The fraction of sp³-hybridized carbons (Fsp3) is 0.278. The number of carbonyl (C=O) groups is 2. The summed E-state index contributed by atoms with van der Waals surface area (Å²) in [5.41, 5.74) is 0.647. The van der Waals surface area contributed by atoms with Gasteiger partial charge in [0.2, 0.25) is 5.88 Å². The number of rotatable bonds is 8. The molecule has 138 valence electrons. The molecule has 2 rings (SSSR count). The van der Waals surface area contributed by atoms with Crippen molar-refractivity contribution in [2.75, 3.05) is 32.8 Å². The van der Waals surface area contributed by atoms with E-state index in [1.54, 1.807) is 31.2 Å². The molecule has 1 heterocycles. The quantitative estimate of drug-likeness (QED) is 0.722. The Labute approximate surface area is 151 Å². The van der Waals surface area contributed by atoms with Crippen molar-refractivity contribution in [2.24, 2.45) is 0 Å². The van der Waals surface area contributed by atoms with Crippen molar-refractivity contribution in [2.45, 2.75) is 6.92 Å². The van der Waals surface area contributed by atoms with E-state index >= 15 is 0 Å². The van der Waals surface area contributed by atoms with Crippen LogP contribution in [0, 0.1) is 0 Å². The maximum atomic E-state index is 12.1. The minimum atomic E-state index is -0.691. The van der Waals surface area contributed by atoms with E-state index in [1.165, 1.54) is 26.5 Å². The van der Waals surface area contributed by atoms with Gasteiger partial charge in [0.05, 0.1) is 20.8 Å². The van der Waals surface area contributed by atoms with Gasteiger partial charge in [0.25, 0.3) is 5.91 Å². The maximum Gasteiger partial charge on any atom is 0.344 e. The van der Waals surface area contributed by atoms with Crippen molar-refractivity contribution in [3.05, 3.63) is 42.1 Å². The lowest BCUT2D eigenvalue weighted by Crippen LogP contribution is -2.21. The van der Waals surface area contributed by atoms with Gasteiger partial charge in [-0.15, -0.1) is 0 Å². The third kappa shape index (κ3) is 4.85. The number of methoxy groups -OCH3 is 2. The Morgan fingerprint density at radius 1 is 1.12 bits per heavy atom. The number of anilines is 1. The van der Waals surface area contributed by atoms with Crippen molar-refractivity contribution >= 4 is 17.6 Å². The lowest BCUT2D eigenvalue weighted by Gasteiger charge is -2.11. The van der Waals surface area contributed by atoms with E-state index in [0.29, 0.717) is 23.8 Å². The van der Waals surface area contributed by atoms with Gasteiger partial charge in [0, 0.05) is 18.0 Å². The van der Waals surface area contributed by atoms with E-state index in [0.717, 1.165) is 0 Å². The van der Waals surface area contributed by atoms with Crippen LogP contribution in [0.25, 0.3) is 0 Å². The largest absolute Gasteiger partial charge is 0.493 e. The van der Waals surface area contributed by atoms with E-state index in [-0.39, 0.29) is 11.4 Å². The molecule has 26 heavy (non-hydrogen) atoms. The predicted octanol–water partition coefficient (Wildman–Crippen LogP) is 2.29. The molecule has 0 radical (unpaired) electrons. The van der Waals surface area contributed by atoms with Crippen LogP contribution in [0.2, 0.25) is 0 Å². The van der Waals surface area contributed by atoms with Crippen molar-refractivity contribution < 1.29 is 28.5 Å². The summed E-state index contributed by atoms with van der Waals surface area (Å²) in [6, 6.07) is 8.02. The topological polar surface area (TPSA) is 96.0 Å². The molecule has 2 aromatic rings. The summed E-state index contributed by atoms with van der Waals surface area (Å²) in [5, 5.41) is 2.62. The van der Waals surface area contributed by atoms with E-state index in [1.807, 2.05) is 0 Å². The smallest absolute Gasteiger partial charge is 0.344 e. The third-order valence-corrected chi connectivity index (χ3v) is 3.27. The molecule has 1 aromatic carbocycles. The van der Waals surface area contributed by atoms with Gasteiger partial charge in [-0.1, -0.05) is 0 Å². The summed E-state index contributed by atoms with van der Waals surface area (Å²) < 4.78 is 20.6. The zero-order valence-corrected chi connectivity index (χ0v) is 14.8. The van der Waals surface area contributed by atoms with E-state index in [4.69, 9.17) is 18.9 Å². The van der Waals surface area contributed by atoms with Crippen LogP contribution in [0.1, 0.15) is 17.3 Å². The molecule has 1 N–H and O–H groups in total. The number of amides is 1. The van der Waals surface area contributed by atoms with Crippen LogP contribution in [0.4, 0.5) is 5.69 Å². The fourth-order valence-corrected chi connectivity index (χ4v) is 2.12. The number of hydrogen-bond acceptors (Lipinski definition) is 7. The molecule has 0 saturated heterocycles. The standard InChI is InChI=1S/C18H20N2O6/c1-4-25-17-13(6-5-9-19-17)18(22)26-11-16(21)20-12-7-8-14(23-2)15(10-12)24-3/h5-10H,4,11H2,1-3H3,(H,20,21). The molecule has 1 aromatic heterocycles. The molecule has 8 nitrogen and oxygen atoms in total. The van der Waals surface area contributed by atoms with E-state index < -0.39 is 18.5 Å². The first kappa shape index (κ1) is 19.0. The Morgan fingerprint density at radius 2 is 1.88 bits per heavy atom. The highest BCUT2D eigenvalue weighted by Gasteiger charge is 2.16. The second kappa shape index (κ2) is 9.26. The van der Waals surface area contributed by atoms with Gasteiger partial charge >= 0.3 is 5.97 Å². The van der Waals surface area contributed by atoms with Gasteiger partial charge in [0.15, 0.2) is 18.1 Å². The number of benzene rings is 1. The molecule has 1 amide bonds. The zero-order chi connectivity index (χ0) is 18.9. The number of ether oxygens (including phenoxy) is 4. The summed E-state index contributed by atoms with van der Waals surface area (Å²) in [6.07, 6.45) is 1.51. The Morgan fingerprint density at radius 3 is 2.58 bits per heavy atom. The molecule has 0 unspecified atom stereocenters. The maximum absolute atomic E-state index is 12.1. The molecule has 0 bridgehead atoms. The van der Waals surface area contributed by atoms with Gasteiger partial charge in [-0.2, -0.15) is 0 Å². The SMILES string of the molecule is CCOc1ncccc1C(=O)OCC(=O)Nc1ccc(OC)c(OC)c1. The van der Waals surface area contributed by atoms with Crippen LogP contribution >= 0.6 is 0 Å². The molecule has 0 saturated carbocycles. The number of carbonyl (C=O) groups excluding carboxylic acids is 2. The second-order valence-corrected chi connectivity index (χ2v) is 4.98. The summed E-state index contributed by atoms with van der Waals surface area (Å²) in [4.78, 5) is 28.1. The van der Waals surface area contributed by atoms with Crippen LogP contribution in [0.3, 0.4) is 0 Å². The molecular formula is C18H20N2O6. The molecule has 0 fully saturated rings. The van der Waals surface area contributed by atoms with Crippen LogP contribution in [0.5, 0.6) is 17.4 Å². The molecule has 0 atom stereocenters. The van der Waals surface area contributed by atoms with Gasteiger partial charge in [-0.25, -0.2) is 9.78 Å². The Kier molecular flexibility index (Phi) is 6.78. The van der Waals surface area contributed by atoms with E-state index in [2.05, 4.69) is 10.3 Å². The lowest BCUT2D eigenvalue weighted by molar-refractivity contribution is -0.119. The van der Waals surface area contributed by atoms with Gasteiger partial charge in [-0.05, 0) is 31.2 Å². The number of pyridine rings is 1. The Hall–Kier alpha value is -3.29. The minimum absolute atomic E-state index is 0.160. The first-order valence-electron chi connectivity index (χ1n) is 7.85. The lowest BCUT2D eigenvalue weighted by atomic mass is 10.2. The van der Waals surface area contributed by atoms with Crippen LogP contribution in [-0.4, -0.2) is 44.3 Å².